The Labute approximate surface area is 106 Å². The fraction of sp³-hybridized carbons (Fsp3) is 0.250. The molecule has 1 heterocycles. The number of esters is 1. The Hall–Kier alpha value is -2.18. The van der Waals surface area contributed by atoms with E-state index in [1.807, 2.05) is 0 Å². The van der Waals surface area contributed by atoms with Crippen LogP contribution in [0, 0.1) is 0 Å². The van der Waals surface area contributed by atoms with Gasteiger partial charge in [-0.1, -0.05) is 6.07 Å². The maximum atomic E-state index is 12.6. The lowest BCUT2D eigenvalue weighted by molar-refractivity contribution is -0.137. The van der Waals surface area contributed by atoms with Gasteiger partial charge in [0.1, 0.15) is 5.69 Å². The van der Waals surface area contributed by atoms with Gasteiger partial charge in [0.2, 0.25) is 0 Å². The van der Waals surface area contributed by atoms with Gasteiger partial charge in [-0.2, -0.15) is 13.2 Å². The molecule has 0 amide bonds. The van der Waals surface area contributed by atoms with Crippen molar-refractivity contribution in [3.8, 4) is 0 Å². The summed E-state index contributed by atoms with van der Waals surface area (Å²) >= 11 is 0. The minimum atomic E-state index is -4.46. The highest BCUT2D eigenvalue weighted by Crippen LogP contribution is 2.32. The predicted molar refractivity (Wildman–Crippen MR) is 63.0 cm³/mol. The molecule has 0 radical (unpaired) electrons. The number of ether oxygens (including phenoxy) is 1. The third-order valence-electron chi connectivity index (χ3n) is 2.65. The number of hydrogen-bond donors (Lipinski definition) is 1. The van der Waals surface area contributed by atoms with Gasteiger partial charge in [-0.3, -0.25) is 4.68 Å². The highest BCUT2D eigenvalue weighted by Gasteiger charge is 2.31. The minimum absolute atomic E-state index is 0.0103. The largest absolute Gasteiger partial charge is 0.461 e. The molecule has 0 aliphatic carbocycles. The molecule has 0 unspecified atom stereocenters. The van der Waals surface area contributed by atoms with Gasteiger partial charge < -0.3 is 10.6 Å². The molecule has 2 rings (SSSR count). The molecule has 7 heteroatoms. The molecular weight excluding hydrogens is 261 g/mol. The molecule has 0 saturated heterocycles. The summed E-state index contributed by atoms with van der Waals surface area (Å²) in [5.41, 5.74) is -0.686. The number of alkyl halides is 3. The van der Waals surface area contributed by atoms with Crippen LogP contribution in [0.5, 0.6) is 0 Å². The van der Waals surface area contributed by atoms with Crippen molar-refractivity contribution in [2.45, 2.75) is 13.1 Å². The van der Waals surface area contributed by atoms with Gasteiger partial charge in [0.25, 0.3) is 0 Å². The third-order valence-corrected chi connectivity index (χ3v) is 2.65. The van der Waals surface area contributed by atoms with E-state index in [0.717, 1.165) is 16.8 Å². The average Bonchev–Trinajstić information content (AvgIpc) is 2.66. The molecule has 102 valence electrons. The Morgan fingerprint density at radius 1 is 1.37 bits per heavy atom. The van der Waals surface area contributed by atoms with Crippen LogP contribution >= 0.6 is 0 Å². The van der Waals surface area contributed by atoms with Gasteiger partial charge in [0.05, 0.1) is 17.7 Å². The van der Waals surface area contributed by atoms with Crippen LogP contribution in [0.1, 0.15) is 23.0 Å². The lowest BCUT2D eigenvalue weighted by Gasteiger charge is -2.07. The highest BCUT2D eigenvalue weighted by atomic mass is 19.4. The van der Waals surface area contributed by atoms with Crippen molar-refractivity contribution in [1.29, 1.82) is 0 Å². The van der Waals surface area contributed by atoms with E-state index in [0.29, 0.717) is 5.39 Å². The summed E-state index contributed by atoms with van der Waals surface area (Å²) in [7, 11) is 0. The van der Waals surface area contributed by atoms with Gasteiger partial charge in [0, 0.05) is 5.39 Å². The van der Waals surface area contributed by atoms with Crippen molar-refractivity contribution >= 4 is 16.9 Å². The number of nitrogens with two attached hydrogens (primary N) is 1. The molecule has 0 spiro atoms. The molecule has 1 aromatic heterocycles. The molecule has 0 atom stereocenters. The number of nitrogen functional groups attached to an aromatic ring is 1. The standard InChI is InChI=1S/C12H11F3N2O2/c1-2-19-11(18)10-5-7-3-4-8(12(13,14)15)6-9(7)17(10)16/h3-6H,2,16H2,1H3. The van der Waals surface area contributed by atoms with Crippen molar-refractivity contribution in [2.75, 3.05) is 12.4 Å². The van der Waals surface area contributed by atoms with Gasteiger partial charge in [0.15, 0.2) is 0 Å². The number of aromatic nitrogens is 1. The molecular formula is C12H11F3N2O2. The van der Waals surface area contributed by atoms with E-state index in [9.17, 15) is 18.0 Å². The van der Waals surface area contributed by atoms with Crippen molar-refractivity contribution in [1.82, 2.24) is 4.68 Å². The molecule has 0 bridgehead atoms. The maximum Gasteiger partial charge on any atom is 0.416 e. The number of rotatable bonds is 2. The number of halogens is 3. The normalized spacial score (nSPS) is 11.8. The topological polar surface area (TPSA) is 57.2 Å². The monoisotopic (exact) mass is 272 g/mol. The first-order valence-electron chi connectivity index (χ1n) is 5.49. The maximum absolute atomic E-state index is 12.6. The summed E-state index contributed by atoms with van der Waals surface area (Å²) in [6, 6.07) is 4.51. The molecule has 1 aromatic carbocycles. The van der Waals surface area contributed by atoms with E-state index in [1.54, 1.807) is 6.92 Å². The molecule has 0 aliphatic rings. The van der Waals surface area contributed by atoms with E-state index < -0.39 is 17.7 Å². The Morgan fingerprint density at radius 3 is 2.63 bits per heavy atom. The first kappa shape index (κ1) is 13.3. The van der Waals surface area contributed by atoms with Crippen molar-refractivity contribution in [2.24, 2.45) is 0 Å². The number of fused-ring (bicyclic) bond motifs is 1. The second-order valence-corrected chi connectivity index (χ2v) is 3.89. The van der Waals surface area contributed by atoms with Gasteiger partial charge >= 0.3 is 12.1 Å². The number of nitrogens with zero attached hydrogens (tertiary/aromatic N) is 1. The fourth-order valence-corrected chi connectivity index (χ4v) is 1.76. The van der Waals surface area contributed by atoms with Crippen LogP contribution < -0.4 is 5.84 Å². The molecule has 2 N–H and O–H groups in total. The van der Waals surface area contributed by atoms with Crippen molar-refractivity contribution in [3.05, 3.63) is 35.5 Å². The fourth-order valence-electron chi connectivity index (χ4n) is 1.76. The number of hydrogen-bond acceptors (Lipinski definition) is 3. The van der Waals surface area contributed by atoms with Crippen LogP contribution in [0.4, 0.5) is 13.2 Å². The SMILES string of the molecule is CCOC(=O)c1cc2ccc(C(F)(F)F)cc2n1N. The van der Waals surface area contributed by atoms with Crippen LogP contribution in [0.3, 0.4) is 0 Å². The van der Waals surface area contributed by atoms with Crippen molar-refractivity contribution < 1.29 is 22.7 Å². The van der Waals surface area contributed by atoms with E-state index in [-0.39, 0.29) is 17.8 Å². The summed E-state index contributed by atoms with van der Waals surface area (Å²) in [6.07, 6.45) is -4.46. The Kier molecular flexibility index (Phi) is 3.13. The number of carbonyl (C=O) groups is 1. The summed E-state index contributed by atoms with van der Waals surface area (Å²) in [5, 5.41) is 0.443. The Morgan fingerprint density at radius 2 is 2.05 bits per heavy atom. The summed E-state index contributed by atoms with van der Waals surface area (Å²) < 4.78 is 43.5. The smallest absolute Gasteiger partial charge is 0.416 e. The van der Waals surface area contributed by atoms with E-state index >= 15 is 0 Å². The average molecular weight is 272 g/mol. The van der Waals surface area contributed by atoms with Gasteiger partial charge in [-0.15, -0.1) is 0 Å². The van der Waals surface area contributed by atoms with Crippen molar-refractivity contribution in [3.63, 3.8) is 0 Å². The van der Waals surface area contributed by atoms with Crippen LogP contribution in [0.15, 0.2) is 24.3 Å². The predicted octanol–water partition coefficient (Wildman–Crippen LogP) is 2.55. The lowest BCUT2D eigenvalue weighted by Crippen LogP contribution is -2.18. The summed E-state index contributed by atoms with van der Waals surface area (Å²) in [4.78, 5) is 11.6. The first-order valence-corrected chi connectivity index (χ1v) is 5.49. The highest BCUT2D eigenvalue weighted by molar-refractivity contribution is 5.95. The second kappa shape index (κ2) is 4.49. The zero-order valence-electron chi connectivity index (χ0n) is 9.99. The molecule has 4 nitrogen and oxygen atoms in total. The number of benzene rings is 1. The van der Waals surface area contributed by atoms with Gasteiger partial charge in [-0.25, -0.2) is 4.79 Å². The Bertz CT molecular complexity index is 632. The summed E-state index contributed by atoms with van der Waals surface area (Å²) in [6.45, 7) is 1.79. The number of carbonyl (C=O) groups excluding carboxylic acids is 1. The van der Waals surface area contributed by atoms with Crippen LogP contribution in [0.2, 0.25) is 0 Å². The quantitative estimate of drug-likeness (QED) is 0.675. The third kappa shape index (κ3) is 2.35. The van der Waals surface area contributed by atoms with Crippen LogP contribution in [0.25, 0.3) is 10.9 Å². The molecule has 0 aliphatic heterocycles. The van der Waals surface area contributed by atoms with Gasteiger partial charge in [-0.05, 0) is 25.1 Å². The molecule has 19 heavy (non-hydrogen) atoms. The first-order chi connectivity index (χ1) is 8.84. The zero-order valence-corrected chi connectivity index (χ0v) is 9.99. The lowest BCUT2D eigenvalue weighted by atomic mass is 10.1. The Balaban J connectivity index is 2.55. The molecule has 0 saturated carbocycles. The van der Waals surface area contributed by atoms with Crippen LogP contribution in [-0.2, 0) is 10.9 Å². The van der Waals surface area contributed by atoms with E-state index in [1.165, 1.54) is 12.1 Å². The second-order valence-electron chi connectivity index (χ2n) is 3.89. The zero-order chi connectivity index (χ0) is 14.2. The van der Waals surface area contributed by atoms with E-state index in [2.05, 4.69) is 0 Å². The summed E-state index contributed by atoms with van der Waals surface area (Å²) in [5.74, 6) is 4.96. The molecule has 0 fully saturated rings. The van der Waals surface area contributed by atoms with E-state index in [4.69, 9.17) is 10.6 Å². The minimum Gasteiger partial charge on any atom is -0.461 e. The molecule has 2 aromatic rings. The van der Waals surface area contributed by atoms with Crippen LogP contribution in [-0.4, -0.2) is 17.3 Å².